The second-order valence-corrected chi connectivity index (χ2v) is 10.7. The van der Waals surface area contributed by atoms with Crippen LogP contribution in [-0.2, 0) is 16.4 Å². The predicted octanol–water partition coefficient (Wildman–Crippen LogP) is 5.59. The van der Waals surface area contributed by atoms with Crippen LogP contribution in [0.25, 0.3) is 0 Å². The van der Waals surface area contributed by atoms with Gasteiger partial charge in [0, 0.05) is 11.4 Å². The maximum Gasteiger partial charge on any atom is 0.511 e. The standard InChI is InChI=1S/C25H26N2O5S/c1-16-4-11-21(12-5-16)33(30,31)27-19-8-6-17(7-9-19)23-25(2,3)15-18-14-20(32-24(28)29)10-13-22(18)26-23/h4-14,23,26-27H,15H2,1-3H3,(H,28,29). The quantitative estimate of drug-likeness (QED) is 0.335. The van der Waals surface area contributed by atoms with Gasteiger partial charge in [-0.1, -0.05) is 43.7 Å². The summed E-state index contributed by atoms with van der Waals surface area (Å²) in [5, 5.41) is 12.4. The summed E-state index contributed by atoms with van der Waals surface area (Å²) in [5.74, 6) is 0.294. The van der Waals surface area contributed by atoms with Crippen LogP contribution in [0.1, 0.15) is 36.6 Å². The van der Waals surface area contributed by atoms with Gasteiger partial charge in [-0.3, -0.25) is 4.72 Å². The van der Waals surface area contributed by atoms with Crippen molar-refractivity contribution in [3.63, 3.8) is 0 Å². The Bertz CT molecular complexity index is 1280. The molecule has 7 nitrogen and oxygen atoms in total. The van der Waals surface area contributed by atoms with Gasteiger partial charge >= 0.3 is 6.16 Å². The Morgan fingerprint density at radius 1 is 1.06 bits per heavy atom. The summed E-state index contributed by atoms with van der Waals surface area (Å²) in [6.45, 7) is 6.17. The zero-order chi connectivity index (χ0) is 23.8. The molecule has 8 heteroatoms. The highest BCUT2D eigenvalue weighted by atomic mass is 32.2. The van der Waals surface area contributed by atoms with E-state index in [1.165, 1.54) is 0 Å². The van der Waals surface area contributed by atoms with Crippen molar-refractivity contribution in [1.82, 2.24) is 0 Å². The minimum absolute atomic E-state index is 0.0148. The number of fused-ring (bicyclic) bond motifs is 1. The first-order valence-electron chi connectivity index (χ1n) is 10.5. The first-order chi connectivity index (χ1) is 15.5. The van der Waals surface area contributed by atoms with Crippen molar-refractivity contribution in [2.45, 2.75) is 38.1 Å². The van der Waals surface area contributed by atoms with Gasteiger partial charge in [0.1, 0.15) is 5.75 Å². The molecule has 4 rings (SSSR count). The summed E-state index contributed by atoms with van der Waals surface area (Å²) in [6.07, 6.45) is -0.618. The number of aryl methyl sites for hydroxylation is 1. The molecule has 1 unspecified atom stereocenters. The van der Waals surface area contributed by atoms with E-state index in [4.69, 9.17) is 9.84 Å². The summed E-state index contributed by atoms with van der Waals surface area (Å²) >= 11 is 0. The number of ether oxygens (including phenoxy) is 1. The fourth-order valence-corrected chi connectivity index (χ4v) is 5.23. The topological polar surface area (TPSA) is 105 Å². The van der Waals surface area contributed by atoms with Crippen molar-refractivity contribution >= 4 is 27.6 Å². The number of hydrogen-bond acceptors (Lipinski definition) is 5. The van der Waals surface area contributed by atoms with E-state index in [1.807, 2.05) is 25.1 Å². The molecule has 0 fully saturated rings. The fourth-order valence-electron chi connectivity index (χ4n) is 4.17. The maximum absolute atomic E-state index is 12.7. The highest BCUT2D eigenvalue weighted by Crippen LogP contribution is 2.45. The minimum atomic E-state index is -3.66. The third-order valence-electron chi connectivity index (χ3n) is 5.84. The van der Waals surface area contributed by atoms with Crippen molar-refractivity contribution in [3.8, 4) is 5.75 Å². The number of rotatable bonds is 5. The molecule has 0 radical (unpaired) electrons. The Hall–Kier alpha value is -3.52. The Balaban J connectivity index is 1.54. The number of sulfonamides is 1. The molecule has 0 saturated carbocycles. The molecule has 0 spiro atoms. The lowest BCUT2D eigenvalue weighted by molar-refractivity contribution is 0.144. The highest BCUT2D eigenvalue weighted by molar-refractivity contribution is 7.92. The van der Waals surface area contributed by atoms with Crippen LogP contribution in [0.5, 0.6) is 5.75 Å². The second kappa shape index (κ2) is 8.44. The lowest BCUT2D eigenvalue weighted by Gasteiger charge is -2.41. The second-order valence-electron chi connectivity index (χ2n) is 8.97. The largest absolute Gasteiger partial charge is 0.511 e. The lowest BCUT2D eigenvalue weighted by Crippen LogP contribution is -2.35. The van der Waals surface area contributed by atoms with Gasteiger partial charge in [-0.15, -0.1) is 0 Å². The van der Waals surface area contributed by atoms with Crippen molar-refractivity contribution in [1.29, 1.82) is 0 Å². The van der Waals surface area contributed by atoms with E-state index in [0.29, 0.717) is 11.4 Å². The summed E-state index contributed by atoms with van der Waals surface area (Å²) in [7, 11) is -3.66. The molecule has 33 heavy (non-hydrogen) atoms. The molecular weight excluding hydrogens is 440 g/mol. The fraction of sp³-hybridized carbons (Fsp3) is 0.240. The normalized spacial score (nSPS) is 16.9. The molecule has 3 aromatic carbocycles. The van der Waals surface area contributed by atoms with Crippen LogP contribution in [-0.4, -0.2) is 19.7 Å². The number of carbonyl (C=O) groups is 1. The molecule has 1 atom stereocenters. The van der Waals surface area contributed by atoms with Crippen LogP contribution >= 0.6 is 0 Å². The van der Waals surface area contributed by atoms with Crippen molar-refractivity contribution in [3.05, 3.63) is 83.4 Å². The Labute approximate surface area is 193 Å². The molecule has 172 valence electrons. The third kappa shape index (κ3) is 4.96. The number of hydrogen-bond donors (Lipinski definition) is 3. The number of nitrogens with one attached hydrogen (secondary N) is 2. The highest BCUT2D eigenvalue weighted by Gasteiger charge is 2.36. The molecule has 0 aliphatic carbocycles. The zero-order valence-corrected chi connectivity index (χ0v) is 19.4. The van der Waals surface area contributed by atoms with Gasteiger partial charge in [0.2, 0.25) is 0 Å². The van der Waals surface area contributed by atoms with E-state index in [2.05, 4.69) is 23.9 Å². The van der Waals surface area contributed by atoms with Gasteiger partial charge in [0.05, 0.1) is 10.9 Å². The van der Waals surface area contributed by atoms with Crippen LogP contribution in [0.3, 0.4) is 0 Å². The number of anilines is 2. The van der Waals surface area contributed by atoms with Crippen LogP contribution in [0.15, 0.2) is 71.6 Å². The molecule has 1 aliphatic rings. The SMILES string of the molecule is Cc1ccc(S(=O)(=O)Nc2ccc(C3Nc4ccc(OC(=O)O)cc4CC3(C)C)cc2)cc1. The van der Waals surface area contributed by atoms with Crippen LogP contribution < -0.4 is 14.8 Å². The molecular formula is C25H26N2O5S. The molecule has 1 aliphatic heterocycles. The van der Waals surface area contributed by atoms with Crippen molar-refractivity contribution < 1.29 is 23.1 Å². The zero-order valence-electron chi connectivity index (χ0n) is 18.6. The molecule has 0 saturated heterocycles. The van der Waals surface area contributed by atoms with E-state index in [0.717, 1.165) is 28.8 Å². The van der Waals surface area contributed by atoms with Gasteiger partial charge in [-0.05, 0) is 72.4 Å². The molecule has 0 amide bonds. The van der Waals surface area contributed by atoms with E-state index < -0.39 is 16.2 Å². The first kappa shape index (κ1) is 22.7. The molecule has 0 aromatic heterocycles. The Morgan fingerprint density at radius 3 is 2.36 bits per heavy atom. The van der Waals surface area contributed by atoms with Gasteiger partial charge in [-0.25, -0.2) is 13.2 Å². The lowest BCUT2D eigenvalue weighted by atomic mass is 9.73. The minimum Gasteiger partial charge on any atom is -0.449 e. The summed E-state index contributed by atoms with van der Waals surface area (Å²) < 4.78 is 32.7. The van der Waals surface area contributed by atoms with Crippen LogP contribution in [0.2, 0.25) is 0 Å². The van der Waals surface area contributed by atoms with E-state index in [9.17, 15) is 13.2 Å². The average molecular weight is 467 g/mol. The summed E-state index contributed by atoms with van der Waals surface area (Å²) in [6, 6.07) is 19.2. The maximum atomic E-state index is 12.7. The van der Waals surface area contributed by atoms with Gasteiger partial charge in [-0.2, -0.15) is 0 Å². The van der Waals surface area contributed by atoms with E-state index in [1.54, 1.807) is 48.5 Å². The third-order valence-corrected chi connectivity index (χ3v) is 7.23. The summed E-state index contributed by atoms with van der Waals surface area (Å²) in [5.41, 5.74) is 4.23. The molecule has 1 heterocycles. The van der Waals surface area contributed by atoms with Crippen molar-refractivity contribution in [2.75, 3.05) is 10.0 Å². The van der Waals surface area contributed by atoms with Crippen molar-refractivity contribution in [2.24, 2.45) is 5.41 Å². The Kier molecular flexibility index (Phi) is 5.80. The summed E-state index contributed by atoms with van der Waals surface area (Å²) in [4.78, 5) is 11.0. The van der Waals surface area contributed by atoms with Gasteiger partial charge < -0.3 is 15.2 Å². The molecule has 3 N–H and O–H groups in total. The smallest absolute Gasteiger partial charge is 0.449 e. The first-order valence-corrected chi connectivity index (χ1v) is 12.0. The van der Waals surface area contributed by atoms with Gasteiger partial charge in [0.15, 0.2) is 0 Å². The van der Waals surface area contributed by atoms with E-state index >= 15 is 0 Å². The van der Waals surface area contributed by atoms with E-state index in [-0.39, 0.29) is 16.4 Å². The van der Waals surface area contributed by atoms with Crippen LogP contribution in [0, 0.1) is 12.3 Å². The Morgan fingerprint density at radius 2 is 1.73 bits per heavy atom. The predicted molar refractivity (Wildman–Crippen MR) is 127 cm³/mol. The molecule has 0 bridgehead atoms. The van der Waals surface area contributed by atoms with Gasteiger partial charge in [0.25, 0.3) is 10.0 Å². The monoisotopic (exact) mass is 466 g/mol. The number of carboxylic acid groups (broad SMARTS) is 1. The van der Waals surface area contributed by atoms with Crippen LogP contribution in [0.4, 0.5) is 16.2 Å². The molecule has 3 aromatic rings. The number of benzene rings is 3. The average Bonchev–Trinajstić information content (AvgIpc) is 2.73.